The Kier molecular flexibility index (Phi) is 7.00. The molecule has 0 aromatic heterocycles. The van der Waals surface area contributed by atoms with E-state index in [0.717, 1.165) is 0 Å². The lowest BCUT2D eigenvalue weighted by molar-refractivity contribution is -0.116. The molecule has 2 atom stereocenters. The number of hydrogen-bond donors (Lipinski definition) is 5. The average Bonchev–Trinajstić information content (AvgIpc) is 2.72. The first-order valence-corrected chi connectivity index (χ1v) is 10.6. The molecule has 0 fully saturated rings. The fourth-order valence-corrected chi connectivity index (χ4v) is 4.35. The van der Waals surface area contributed by atoms with Gasteiger partial charge in [-0.2, -0.15) is 5.10 Å². The van der Waals surface area contributed by atoms with E-state index in [-0.39, 0.29) is 15.8 Å². The summed E-state index contributed by atoms with van der Waals surface area (Å²) >= 11 is 16.9. The highest BCUT2D eigenvalue weighted by Crippen LogP contribution is 2.29. The molecule has 0 saturated carbocycles. The van der Waals surface area contributed by atoms with Crippen LogP contribution in [0.3, 0.4) is 0 Å². The lowest BCUT2D eigenvalue weighted by Gasteiger charge is -2.24. The van der Waals surface area contributed by atoms with Gasteiger partial charge in [-0.3, -0.25) is 24.6 Å². The lowest BCUT2D eigenvalue weighted by atomic mass is 10.2. The second-order valence-electron chi connectivity index (χ2n) is 5.82. The van der Waals surface area contributed by atoms with Crippen molar-refractivity contribution in [2.75, 3.05) is 10.6 Å². The molecule has 13 heteroatoms. The minimum atomic E-state index is -1.92. The van der Waals surface area contributed by atoms with Crippen LogP contribution in [0.5, 0.6) is 0 Å². The number of carbonyl (C=O) groups is 2. The molecule has 1 aliphatic rings. The van der Waals surface area contributed by atoms with Crippen LogP contribution in [-0.2, 0) is 20.4 Å². The van der Waals surface area contributed by atoms with Gasteiger partial charge in [0.25, 0.3) is 5.91 Å². The molecule has 3 rings (SSSR count). The van der Waals surface area contributed by atoms with E-state index in [1.165, 1.54) is 12.1 Å². The van der Waals surface area contributed by atoms with Crippen LogP contribution >= 0.6 is 35.4 Å². The standard InChI is InChI=1S/C17H14Cl2N6O3S2/c18-8-5-6-9(19)11(7-8)22-15(26)13(24-25-17(29)23-20)14-16(27)21-10-3-1-2-4-12(10)30(14)28/h1-7,14H,20H2,(H,21,27)(H,22,26)(H2,23,25,29)/b24-13-/t14-,30-/m1/s1. The van der Waals surface area contributed by atoms with Crippen molar-refractivity contribution in [3.05, 3.63) is 52.5 Å². The predicted molar refractivity (Wildman–Crippen MR) is 121 cm³/mol. The number of hydrogen-bond acceptors (Lipinski definition) is 6. The Bertz CT molecular complexity index is 1090. The SMILES string of the molecule is NNC(=S)N/N=C(\C(=O)Nc1cc(Cl)ccc1Cl)[C@@H]1C(=O)Nc2ccccc2[S@]1=O. The number of anilines is 2. The molecule has 6 N–H and O–H groups in total. The minimum absolute atomic E-state index is 0.122. The fraction of sp³-hybridized carbons (Fsp3) is 0.0588. The van der Waals surface area contributed by atoms with E-state index in [0.29, 0.717) is 15.6 Å². The van der Waals surface area contributed by atoms with Gasteiger partial charge in [-0.1, -0.05) is 35.3 Å². The number of nitrogens with two attached hydrogens (primary N) is 1. The third-order valence-electron chi connectivity index (χ3n) is 3.88. The second kappa shape index (κ2) is 9.49. The van der Waals surface area contributed by atoms with Crippen molar-refractivity contribution in [1.82, 2.24) is 10.9 Å². The Morgan fingerprint density at radius 3 is 2.70 bits per heavy atom. The third-order valence-corrected chi connectivity index (χ3v) is 6.31. The number of para-hydroxylation sites is 1. The van der Waals surface area contributed by atoms with E-state index in [1.807, 2.05) is 0 Å². The molecule has 0 spiro atoms. The van der Waals surface area contributed by atoms with E-state index in [9.17, 15) is 13.8 Å². The van der Waals surface area contributed by atoms with Crippen LogP contribution in [0.15, 0.2) is 52.5 Å². The summed E-state index contributed by atoms with van der Waals surface area (Å²) < 4.78 is 13.1. The number of benzene rings is 2. The maximum Gasteiger partial charge on any atom is 0.273 e. The van der Waals surface area contributed by atoms with Gasteiger partial charge < -0.3 is 10.6 Å². The van der Waals surface area contributed by atoms with Gasteiger partial charge in [-0.15, -0.1) is 0 Å². The quantitative estimate of drug-likeness (QED) is 0.193. The smallest absolute Gasteiger partial charge is 0.273 e. The van der Waals surface area contributed by atoms with Gasteiger partial charge in [0.2, 0.25) is 11.0 Å². The highest BCUT2D eigenvalue weighted by Gasteiger charge is 2.40. The fourth-order valence-electron chi connectivity index (χ4n) is 2.54. The Balaban J connectivity index is 1.99. The number of hydrazone groups is 1. The van der Waals surface area contributed by atoms with Crippen molar-refractivity contribution in [3.8, 4) is 0 Å². The number of carbonyl (C=O) groups excluding carboxylic acids is 2. The Labute approximate surface area is 188 Å². The van der Waals surface area contributed by atoms with Gasteiger partial charge >= 0.3 is 0 Å². The van der Waals surface area contributed by atoms with Crippen LogP contribution < -0.4 is 27.3 Å². The Morgan fingerprint density at radius 2 is 1.97 bits per heavy atom. The van der Waals surface area contributed by atoms with E-state index in [2.05, 4.69) is 26.6 Å². The van der Waals surface area contributed by atoms with Gasteiger partial charge in [-0.05, 0) is 42.5 Å². The summed E-state index contributed by atoms with van der Waals surface area (Å²) in [6, 6.07) is 11.0. The third kappa shape index (κ3) is 4.77. The molecule has 0 radical (unpaired) electrons. The summed E-state index contributed by atoms with van der Waals surface area (Å²) in [6.45, 7) is 0. The zero-order valence-electron chi connectivity index (χ0n) is 14.9. The monoisotopic (exact) mass is 484 g/mol. The maximum absolute atomic E-state index is 13.1. The summed E-state index contributed by atoms with van der Waals surface area (Å²) in [5.41, 5.74) is 4.65. The molecule has 2 amide bonds. The molecular formula is C17H14Cl2N6O3S2. The van der Waals surface area contributed by atoms with Crippen molar-refractivity contribution in [2.45, 2.75) is 10.1 Å². The molecule has 0 unspecified atom stereocenters. The van der Waals surface area contributed by atoms with Crippen LogP contribution in [0.1, 0.15) is 0 Å². The topological polar surface area (TPSA) is 138 Å². The zero-order valence-corrected chi connectivity index (χ0v) is 18.1. The van der Waals surface area contributed by atoms with Crippen LogP contribution in [0.25, 0.3) is 0 Å². The van der Waals surface area contributed by atoms with Gasteiger partial charge in [0, 0.05) is 5.02 Å². The first-order valence-electron chi connectivity index (χ1n) is 8.23. The van der Waals surface area contributed by atoms with Crippen molar-refractivity contribution in [2.24, 2.45) is 10.9 Å². The first-order chi connectivity index (χ1) is 14.3. The van der Waals surface area contributed by atoms with Gasteiger partial charge in [0.15, 0.2) is 11.0 Å². The number of fused-ring (bicyclic) bond motifs is 1. The van der Waals surface area contributed by atoms with Crippen molar-refractivity contribution in [1.29, 1.82) is 0 Å². The first kappa shape index (κ1) is 22.1. The summed E-state index contributed by atoms with van der Waals surface area (Å²) in [6.07, 6.45) is 0. The van der Waals surface area contributed by atoms with Gasteiger partial charge in [-0.25, -0.2) is 5.84 Å². The number of rotatable bonds is 4. The summed E-state index contributed by atoms with van der Waals surface area (Å²) in [4.78, 5) is 26.0. The Hall–Kier alpha value is -2.57. The average molecular weight is 485 g/mol. The minimum Gasteiger partial charge on any atom is -0.324 e. The molecule has 0 bridgehead atoms. The largest absolute Gasteiger partial charge is 0.324 e. The van der Waals surface area contributed by atoms with Gasteiger partial charge in [0.1, 0.15) is 0 Å². The van der Waals surface area contributed by atoms with Crippen molar-refractivity contribution >= 4 is 80.2 Å². The molecule has 30 heavy (non-hydrogen) atoms. The second-order valence-corrected chi connectivity index (χ2v) is 8.58. The summed E-state index contributed by atoms with van der Waals surface area (Å²) in [5.74, 6) is 3.69. The summed E-state index contributed by atoms with van der Waals surface area (Å²) in [5, 5.41) is 8.01. The van der Waals surface area contributed by atoms with Gasteiger partial charge in [0.05, 0.1) is 32.1 Å². The highest BCUT2D eigenvalue weighted by molar-refractivity contribution is 7.88. The molecule has 0 aliphatic carbocycles. The number of nitrogens with zero attached hydrogens (tertiary/aromatic N) is 1. The van der Waals surface area contributed by atoms with Crippen LogP contribution in [0.2, 0.25) is 10.0 Å². The van der Waals surface area contributed by atoms with Crippen molar-refractivity contribution in [3.63, 3.8) is 0 Å². The Morgan fingerprint density at radius 1 is 1.23 bits per heavy atom. The predicted octanol–water partition coefficient (Wildman–Crippen LogP) is 1.75. The maximum atomic E-state index is 13.1. The lowest BCUT2D eigenvalue weighted by Crippen LogP contribution is -2.48. The molecular weight excluding hydrogens is 471 g/mol. The number of hydrazine groups is 1. The van der Waals surface area contributed by atoms with E-state index in [1.54, 1.807) is 30.3 Å². The van der Waals surface area contributed by atoms with Crippen LogP contribution in [0, 0.1) is 0 Å². The molecule has 1 aliphatic heterocycles. The molecule has 0 saturated heterocycles. The van der Waals surface area contributed by atoms with E-state index < -0.39 is 33.6 Å². The van der Waals surface area contributed by atoms with Crippen LogP contribution in [0.4, 0.5) is 11.4 Å². The number of halogens is 2. The summed E-state index contributed by atoms with van der Waals surface area (Å²) in [7, 11) is -1.92. The number of thiocarbonyl (C=S) groups is 1. The van der Waals surface area contributed by atoms with Crippen LogP contribution in [-0.4, -0.2) is 32.1 Å². The van der Waals surface area contributed by atoms with E-state index in [4.69, 9.17) is 41.3 Å². The van der Waals surface area contributed by atoms with Crippen molar-refractivity contribution < 1.29 is 13.8 Å². The van der Waals surface area contributed by atoms with E-state index >= 15 is 0 Å². The molecule has 1 heterocycles. The number of amides is 2. The molecule has 156 valence electrons. The molecule has 2 aromatic carbocycles. The zero-order chi connectivity index (χ0) is 21.8. The number of nitrogens with one attached hydrogen (secondary N) is 4. The normalized spacial score (nSPS) is 18.1. The molecule has 2 aromatic rings. The highest BCUT2D eigenvalue weighted by atomic mass is 35.5. The molecule has 9 nitrogen and oxygen atoms in total.